The van der Waals surface area contributed by atoms with E-state index in [2.05, 4.69) is 10.2 Å². The molecule has 17 heavy (non-hydrogen) atoms. The van der Waals surface area contributed by atoms with E-state index in [1.54, 1.807) is 13.1 Å². The highest BCUT2D eigenvalue weighted by Crippen LogP contribution is 2.32. The van der Waals surface area contributed by atoms with Crippen molar-refractivity contribution < 1.29 is 10.1 Å². The van der Waals surface area contributed by atoms with Gasteiger partial charge in [0.1, 0.15) is 5.69 Å². The van der Waals surface area contributed by atoms with Crippen LogP contribution < -0.4 is 10.2 Å². The van der Waals surface area contributed by atoms with Crippen molar-refractivity contribution in [2.75, 3.05) is 30.4 Å². The van der Waals surface area contributed by atoms with Crippen LogP contribution in [0.5, 0.6) is 0 Å². The number of piperidine rings is 1. The fraction of sp³-hybridized carbons (Fsp3) is 0.500. The minimum atomic E-state index is -0.0508. The number of hydrogen-bond donors (Lipinski definition) is 2. The fourth-order valence-corrected chi connectivity index (χ4v) is 2.23. The van der Waals surface area contributed by atoms with Gasteiger partial charge in [0.05, 0.1) is 4.91 Å². The summed E-state index contributed by atoms with van der Waals surface area (Å²) in [4.78, 5) is 13.3. The van der Waals surface area contributed by atoms with E-state index in [0.717, 1.165) is 37.3 Å². The number of benzene rings is 1. The average molecular weight is 236 g/mol. The van der Waals surface area contributed by atoms with Crippen molar-refractivity contribution in [2.24, 2.45) is 0 Å². The van der Waals surface area contributed by atoms with E-state index in [1.807, 2.05) is 12.1 Å². The Labute approximate surface area is 101 Å². The van der Waals surface area contributed by atoms with Gasteiger partial charge in [0.2, 0.25) is 0 Å². The Balaban J connectivity index is 2.34. The van der Waals surface area contributed by atoms with Crippen molar-refractivity contribution in [1.29, 1.82) is 0 Å². The Morgan fingerprint density at radius 1 is 1.29 bits per heavy atom. The molecule has 0 bridgehead atoms. The summed E-state index contributed by atoms with van der Waals surface area (Å²) in [6.45, 7) is 1.89. The normalized spacial score (nSPS) is 15.7. The average Bonchev–Trinajstić information content (AvgIpc) is 2.39. The topological polar surface area (TPSA) is 55.6 Å². The van der Waals surface area contributed by atoms with E-state index in [1.165, 1.54) is 6.42 Å². The molecule has 1 aromatic carbocycles. The molecule has 0 radical (unpaired) electrons. The second-order valence-corrected chi connectivity index (χ2v) is 4.27. The van der Waals surface area contributed by atoms with Gasteiger partial charge in [-0.05, 0) is 31.4 Å². The third-order valence-corrected chi connectivity index (χ3v) is 3.17. The predicted molar refractivity (Wildman–Crippen MR) is 67.1 cm³/mol. The van der Waals surface area contributed by atoms with Gasteiger partial charge >= 0.3 is 5.69 Å². The maximum Gasteiger partial charge on any atom is 0.341 e. The summed E-state index contributed by atoms with van der Waals surface area (Å²) in [7, 11) is 1.78. The molecule has 1 saturated heterocycles. The lowest BCUT2D eigenvalue weighted by molar-refractivity contribution is -0.729. The van der Waals surface area contributed by atoms with Gasteiger partial charge in [0.25, 0.3) is 4.92 Å². The molecule has 92 valence electrons. The van der Waals surface area contributed by atoms with E-state index in [0.29, 0.717) is 5.69 Å². The molecule has 1 aliphatic heterocycles. The summed E-state index contributed by atoms with van der Waals surface area (Å²) in [5.41, 5.74) is 1.93. The lowest BCUT2D eigenvalue weighted by Gasteiger charge is -2.28. The zero-order valence-electron chi connectivity index (χ0n) is 10.0. The third-order valence-electron chi connectivity index (χ3n) is 3.17. The molecule has 5 nitrogen and oxygen atoms in total. The summed E-state index contributed by atoms with van der Waals surface area (Å²) in [6.07, 6.45) is 3.51. The first kappa shape index (κ1) is 11.7. The Hall–Kier alpha value is -1.78. The first-order valence-corrected chi connectivity index (χ1v) is 5.95. The molecule has 1 aliphatic rings. The largest absolute Gasteiger partial charge is 0.388 e. The van der Waals surface area contributed by atoms with Crippen LogP contribution in [0.4, 0.5) is 17.1 Å². The van der Waals surface area contributed by atoms with Gasteiger partial charge in [0, 0.05) is 31.9 Å². The number of nitrogens with one attached hydrogen (secondary N) is 1. The molecule has 1 heterocycles. The van der Waals surface area contributed by atoms with Crippen molar-refractivity contribution in [1.82, 2.24) is 0 Å². The summed E-state index contributed by atoms with van der Waals surface area (Å²) < 4.78 is 0. The molecule has 0 aliphatic carbocycles. The van der Waals surface area contributed by atoms with Gasteiger partial charge in [-0.1, -0.05) is 0 Å². The molecule has 2 N–H and O–H groups in total. The van der Waals surface area contributed by atoms with Crippen LogP contribution >= 0.6 is 0 Å². The first-order chi connectivity index (χ1) is 8.22. The Morgan fingerprint density at radius 3 is 2.59 bits per heavy atom. The second kappa shape index (κ2) is 5.03. The van der Waals surface area contributed by atoms with Crippen LogP contribution in [0.2, 0.25) is 0 Å². The molecular weight excluding hydrogens is 218 g/mol. The van der Waals surface area contributed by atoms with Gasteiger partial charge < -0.3 is 10.2 Å². The molecule has 2 rings (SSSR count). The molecule has 0 spiro atoms. The Bertz CT molecular complexity index is 414. The fourth-order valence-electron chi connectivity index (χ4n) is 2.23. The van der Waals surface area contributed by atoms with E-state index in [4.69, 9.17) is 0 Å². The third kappa shape index (κ3) is 2.49. The molecule has 5 heteroatoms. The van der Waals surface area contributed by atoms with Crippen molar-refractivity contribution >= 4 is 17.1 Å². The second-order valence-electron chi connectivity index (χ2n) is 4.27. The highest BCUT2D eigenvalue weighted by atomic mass is 16.6. The van der Waals surface area contributed by atoms with Crippen LogP contribution in [-0.4, -0.2) is 30.3 Å². The van der Waals surface area contributed by atoms with Crippen LogP contribution in [0.1, 0.15) is 19.3 Å². The minimum absolute atomic E-state index is 0.0508. The maximum atomic E-state index is 11.2. The summed E-state index contributed by atoms with van der Waals surface area (Å²) in [5.74, 6) is 0. The molecular formula is C12H18N3O2+. The van der Waals surface area contributed by atoms with Gasteiger partial charge in [-0.15, -0.1) is 0 Å². The highest BCUT2D eigenvalue weighted by Gasteiger charge is 2.24. The zero-order valence-corrected chi connectivity index (χ0v) is 10.0. The first-order valence-electron chi connectivity index (χ1n) is 5.95. The van der Waals surface area contributed by atoms with Crippen LogP contribution in [0, 0.1) is 4.91 Å². The van der Waals surface area contributed by atoms with Crippen molar-refractivity contribution in [3.8, 4) is 0 Å². The smallest absolute Gasteiger partial charge is 0.341 e. The van der Waals surface area contributed by atoms with Gasteiger partial charge in [0.15, 0.2) is 0 Å². The SMILES string of the molecule is CNc1ccc(N2CCCCC2)c([N+](=O)O)c1. The van der Waals surface area contributed by atoms with E-state index in [-0.39, 0.29) is 4.92 Å². The number of nitrogens with zero attached hydrogens (tertiary/aromatic N) is 2. The van der Waals surface area contributed by atoms with Crippen molar-refractivity contribution in [3.05, 3.63) is 23.1 Å². The lowest BCUT2D eigenvalue weighted by atomic mass is 10.1. The maximum absolute atomic E-state index is 11.2. The Morgan fingerprint density at radius 2 is 2.00 bits per heavy atom. The molecule has 0 atom stereocenters. The quantitative estimate of drug-likeness (QED) is 0.792. The molecule has 0 amide bonds. The summed E-state index contributed by atoms with van der Waals surface area (Å²) >= 11 is 0. The Kier molecular flexibility index (Phi) is 3.46. The standard InChI is InChI=1S/C12H18N3O2/c1-13-10-5-6-11(12(9-10)15(16)17)14-7-3-2-4-8-14/h5-6,9,13H,2-4,7-8H2,1H3,(H,16,17)/q+1. The van der Waals surface area contributed by atoms with Crippen LogP contribution in [-0.2, 0) is 0 Å². The van der Waals surface area contributed by atoms with E-state index >= 15 is 0 Å². The van der Waals surface area contributed by atoms with E-state index < -0.39 is 0 Å². The van der Waals surface area contributed by atoms with Crippen LogP contribution in [0.3, 0.4) is 0 Å². The monoisotopic (exact) mass is 236 g/mol. The molecule has 0 unspecified atom stereocenters. The number of anilines is 2. The van der Waals surface area contributed by atoms with Gasteiger partial charge in [-0.25, -0.2) is 5.21 Å². The summed E-state index contributed by atoms with van der Waals surface area (Å²) in [6, 6.07) is 5.46. The van der Waals surface area contributed by atoms with Crippen molar-refractivity contribution in [3.63, 3.8) is 0 Å². The molecule has 1 aromatic rings. The zero-order chi connectivity index (χ0) is 12.3. The van der Waals surface area contributed by atoms with Gasteiger partial charge in [-0.2, -0.15) is 0 Å². The molecule has 1 fully saturated rings. The van der Waals surface area contributed by atoms with Crippen LogP contribution in [0.25, 0.3) is 0 Å². The van der Waals surface area contributed by atoms with Gasteiger partial charge in [-0.3, -0.25) is 0 Å². The summed E-state index contributed by atoms with van der Waals surface area (Å²) in [5, 5.41) is 12.1. The number of rotatable bonds is 3. The highest BCUT2D eigenvalue weighted by molar-refractivity contribution is 5.68. The molecule has 0 aromatic heterocycles. The van der Waals surface area contributed by atoms with E-state index in [9.17, 15) is 10.1 Å². The van der Waals surface area contributed by atoms with Crippen LogP contribution in [0.15, 0.2) is 18.2 Å². The minimum Gasteiger partial charge on any atom is -0.388 e. The molecule has 0 saturated carbocycles. The lowest BCUT2D eigenvalue weighted by Crippen LogP contribution is -2.30. The van der Waals surface area contributed by atoms with Crippen molar-refractivity contribution in [2.45, 2.75) is 19.3 Å². The predicted octanol–water partition coefficient (Wildman–Crippen LogP) is 2.52. The number of hydrogen-bond acceptors (Lipinski definition) is 3.